The average molecular weight is 189 g/mol. The van der Waals surface area contributed by atoms with Gasteiger partial charge in [-0.15, -0.1) is 0 Å². The zero-order valence-electron chi connectivity index (χ0n) is 7.90. The van der Waals surface area contributed by atoms with Crippen molar-refractivity contribution >= 4 is 5.82 Å². The minimum atomic E-state index is 0.715. The molecule has 0 aromatic carbocycles. The van der Waals surface area contributed by atoms with Gasteiger partial charge in [0.15, 0.2) is 0 Å². The first-order valence-electron chi connectivity index (χ1n) is 4.38. The molecular formula is C10H11N3O. The van der Waals surface area contributed by atoms with Crippen LogP contribution in [0.5, 0.6) is 0 Å². The van der Waals surface area contributed by atoms with Crippen molar-refractivity contribution in [1.82, 2.24) is 9.97 Å². The maximum atomic E-state index is 4.95. The molecule has 0 radical (unpaired) electrons. The Kier molecular flexibility index (Phi) is 2.44. The number of hydrogen-bond donors (Lipinski definition) is 1. The van der Waals surface area contributed by atoms with Gasteiger partial charge in [-0.3, -0.25) is 0 Å². The van der Waals surface area contributed by atoms with Crippen LogP contribution in [0, 0.1) is 6.92 Å². The third-order valence-corrected chi connectivity index (χ3v) is 1.86. The van der Waals surface area contributed by atoms with Crippen molar-refractivity contribution in [3.05, 3.63) is 42.2 Å². The van der Waals surface area contributed by atoms with Gasteiger partial charge in [-0.05, 0) is 13.0 Å². The number of rotatable bonds is 3. The van der Waals surface area contributed by atoms with Crippen LogP contribution in [0.25, 0.3) is 0 Å². The van der Waals surface area contributed by atoms with Crippen LogP contribution >= 0.6 is 0 Å². The van der Waals surface area contributed by atoms with Gasteiger partial charge in [0.05, 0.1) is 12.5 Å². The summed E-state index contributed by atoms with van der Waals surface area (Å²) in [6, 6.07) is 3.82. The highest BCUT2D eigenvalue weighted by Crippen LogP contribution is 2.06. The zero-order valence-corrected chi connectivity index (χ0v) is 7.90. The molecule has 0 aliphatic heterocycles. The summed E-state index contributed by atoms with van der Waals surface area (Å²) in [6.45, 7) is 2.65. The number of hydrogen-bond acceptors (Lipinski definition) is 4. The lowest BCUT2D eigenvalue weighted by Crippen LogP contribution is -2.00. The minimum absolute atomic E-state index is 0.715. The molecule has 0 bridgehead atoms. The van der Waals surface area contributed by atoms with Crippen molar-refractivity contribution in [3.63, 3.8) is 0 Å². The highest BCUT2D eigenvalue weighted by atomic mass is 16.3. The molecule has 0 aliphatic carbocycles. The molecular weight excluding hydrogens is 178 g/mol. The van der Waals surface area contributed by atoms with Crippen molar-refractivity contribution in [2.45, 2.75) is 13.5 Å². The van der Waals surface area contributed by atoms with Gasteiger partial charge in [0, 0.05) is 23.9 Å². The van der Waals surface area contributed by atoms with Crippen LogP contribution in [0.4, 0.5) is 5.82 Å². The van der Waals surface area contributed by atoms with Crippen LogP contribution in [0.15, 0.2) is 35.4 Å². The summed E-state index contributed by atoms with van der Waals surface area (Å²) in [5.74, 6) is 0.832. The second-order valence-corrected chi connectivity index (χ2v) is 3.03. The molecule has 2 aromatic rings. The Hall–Kier alpha value is -1.84. The van der Waals surface area contributed by atoms with Gasteiger partial charge in [-0.25, -0.2) is 9.97 Å². The van der Waals surface area contributed by atoms with E-state index in [4.69, 9.17) is 4.42 Å². The molecule has 0 atom stereocenters. The van der Waals surface area contributed by atoms with Crippen LogP contribution in [0.1, 0.15) is 11.3 Å². The number of nitrogens with zero attached hydrogens (tertiary/aromatic N) is 2. The third-order valence-electron chi connectivity index (χ3n) is 1.86. The SMILES string of the molecule is Cc1cc(NCc2ccoc2)ncn1. The van der Waals surface area contributed by atoms with Crippen LogP contribution in [0.2, 0.25) is 0 Å². The van der Waals surface area contributed by atoms with E-state index >= 15 is 0 Å². The molecule has 0 spiro atoms. The quantitative estimate of drug-likeness (QED) is 0.802. The van der Waals surface area contributed by atoms with Crippen LogP contribution < -0.4 is 5.32 Å². The van der Waals surface area contributed by atoms with Crippen LogP contribution in [0.3, 0.4) is 0 Å². The fourth-order valence-electron chi connectivity index (χ4n) is 1.14. The van der Waals surface area contributed by atoms with Crippen LogP contribution in [-0.4, -0.2) is 9.97 Å². The summed E-state index contributed by atoms with van der Waals surface area (Å²) in [5, 5.41) is 3.18. The van der Waals surface area contributed by atoms with Crippen molar-refractivity contribution in [3.8, 4) is 0 Å². The number of anilines is 1. The number of aryl methyl sites for hydroxylation is 1. The van der Waals surface area contributed by atoms with E-state index in [0.717, 1.165) is 17.1 Å². The normalized spacial score (nSPS) is 10.1. The van der Waals surface area contributed by atoms with E-state index in [9.17, 15) is 0 Å². The minimum Gasteiger partial charge on any atom is -0.472 e. The monoisotopic (exact) mass is 189 g/mol. The van der Waals surface area contributed by atoms with E-state index in [2.05, 4.69) is 15.3 Å². The summed E-state index contributed by atoms with van der Waals surface area (Å²) in [7, 11) is 0. The molecule has 2 heterocycles. The van der Waals surface area contributed by atoms with Crippen molar-refractivity contribution < 1.29 is 4.42 Å². The van der Waals surface area contributed by atoms with Gasteiger partial charge in [0.25, 0.3) is 0 Å². The highest BCUT2D eigenvalue weighted by molar-refractivity contribution is 5.35. The molecule has 0 aliphatic rings. The van der Waals surface area contributed by atoms with E-state index in [1.165, 1.54) is 0 Å². The molecule has 2 rings (SSSR count). The average Bonchev–Trinajstić information content (AvgIpc) is 2.67. The Bertz CT molecular complexity index is 398. The van der Waals surface area contributed by atoms with Crippen LogP contribution in [-0.2, 0) is 6.54 Å². The smallest absolute Gasteiger partial charge is 0.129 e. The lowest BCUT2D eigenvalue weighted by atomic mass is 10.3. The Labute approximate surface area is 82.0 Å². The number of nitrogens with one attached hydrogen (secondary N) is 1. The predicted octanol–water partition coefficient (Wildman–Crippen LogP) is 1.99. The standard InChI is InChI=1S/C10H11N3O/c1-8-4-10(13-7-12-8)11-5-9-2-3-14-6-9/h2-4,6-7H,5H2,1H3,(H,11,12,13). The van der Waals surface area contributed by atoms with Crippen molar-refractivity contribution in [2.24, 2.45) is 0 Å². The lowest BCUT2D eigenvalue weighted by Gasteiger charge is -2.02. The summed E-state index contributed by atoms with van der Waals surface area (Å²) in [5.41, 5.74) is 2.05. The lowest BCUT2D eigenvalue weighted by molar-refractivity contribution is 0.564. The first-order chi connectivity index (χ1) is 6.84. The topological polar surface area (TPSA) is 51.0 Å². The molecule has 4 nitrogen and oxygen atoms in total. The zero-order chi connectivity index (χ0) is 9.80. The highest BCUT2D eigenvalue weighted by Gasteiger charge is 1.96. The summed E-state index contributed by atoms with van der Waals surface area (Å²) < 4.78 is 4.95. The van der Waals surface area contributed by atoms with Gasteiger partial charge in [-0.2, -0.15) is 0 Å². The summed E-state index contributed by atoms with van der Waals surface area (Å²) >= 11 is 0. The van der Waals surface area contributed by atoms with E-state index in [1.807, 2.05) is 19.1 Å². The van der Waals surface area contributed by atoms with Gasteiger partial charge in [0.2, 0.25) is 0 Å². The van der Waals surface area contributed by atoms with E-state index in [0.29, 0.717) is 6.54 Å². The first kappa shape index (κ1) is 8.74. The molecule has 0 fully saturated rings. The van der Waals surface area contributed by atoms with Gasteiger partial charge >= 0.3 is 0 Å². The molecule has 4 heteroatoms. The Balaban J connectivity index is 1.98. The van der Waals surface area contributed by atoms with E-state index < -0.39 is 0 Å². The predicted molar refractivity (Wildman–Crippen MR) is 52.8 cm³/mol. The summed E-state index contributed by atoms with van der Waals surface area (Å²) in [6.07, 6.45) is 4.91. The largest absolute Gasteiger partial charge is 0.472 e. The summed E-state index contributed by atoms with van der Waals surface area (Å²) in [4.78, 5) is 8.10. The maximum absolute atomic E-state index is 4.95. The second kappa shape index (κ2) is 3.91. The third kappa shape index (κ3) is 2.10. The first-order valence-corrected chi connectivity index (χ1v) is 4.38. The van der Waals surface area contributed by atoms with E-state index in [-0.39, 0.29) is 0 Å². The Morgan fingerprint density at radius 3 is 3.07 bits per heavy atom. The Morgan fingerprint density at radius 1 is 1.43 bits per heavy atom. The molecule has 0 saturated carbocycles. The Morgan fingerprint density at radius 2 is 2.36 bits per heavy atom. The molecule has 0 saturated heterocycles. The maximum Gasteiger partial charge on any atom is 0.129 e. The van der Waals surface area contributed by atoms with Crippen molar-refractivity contribution in [2.75, 3.05) is 5.32 Å². The molecule has 72 valence electrons. The number of furan rings is 1. The van der Waals surface area contributed by atoms with Gasteiger partial charge in [0.1, 0.15) is 12.1 Å². The fourth-order valence-corrected chi connectivity index (χ4v) is 1.14. The fraction of sp³-hybridized carbons (Fsp3) is 0.200. The second-order valence-electron chi connectivity index (χ2n) is 3.03. The molecule has 2 aromatic heterocycles. The molecule has 1 N–H and O–H groups in total. The molecule has 0 unspecified atom stereocenters. The van der Waals surface area contributed by atoms with Gasteiger partial charge < -0.3 is 9.73 Å². The van der Waals surface area contributed by atoms with Crippen molar-refractivity contribution in [1.29, 1.82) is 0 Å². The number of aromatic nitrogens is 2. The molecule has 14 heavy (non-hydrogen) atoms. The molecule has 0 amide bonds. The van der Waals surface area contributed by atoms with E-state index in [1.54, 1.807) is 18.9 Å². The van der Waals surface area contributed by atoms with Gasteiger partial charge in [-0.1, -0.05) is 0 Å².